The van der Waals surface area contributed by atoms with Crippen LogP contribution in [0.5, 0.6) is 0 Å². The highest BCUT2D eigenvalue weighted by Crippen LogP contribution is 2.22. The molecule has 0 radical (unpaired) electrons. The topological polar surface area (TPSA) is 49.5 Å². The second-order valence-electron chi connectivity index (χ2n) is 2.79. The van der Waals surface area contributed by atoms with Crippen LogP contribution in [0.3, 0.4) is 0 Å². The Bertz CT molecular complexity index is 112. The zero-order valence-corrected chi connectivity index (χ0v) is 7.19. The second-order valence-corrected chi connectivity index (χ2v) is 3.46. The van der Waals surface area contributed by atoms with Crippen LogP contribution >= 0.6 is 9.39 Å². The first-order chi connectivity index (χ1) is 4.75. The van der Waals surface area contributed by atoms with E-state index in [-0.39, 0.29) is 12.6 Å². The van der Waals surface area contributed by atoms with Crippen molar-refractivity contribution in [3.63, 3.8) is 0 Å². The molecule has 3 nitrogen and oxygen atoms in total. The van der Waals surface area contributed by atoms with Crippen LogP contribution in [0.25, 0.3) is 0 Å². The van der Waals surface area contributed by atoms with E-state index in [9.17, 15) is 0 Å². The predicted octanol–water partition coefficient (Wildman–Crippen LogP) is -0.439. The highest BCUT2D eigenvalue weighted by molar-refractivity contribution is 7.13. The van der Waals surface area contributed by atoms with E-state index in [0.717, 1.165) is 13.0 Å². The minimum absolute atomic E-state index is 0.0694. The Morgan fingerprint density at radius 1 is 1.80 bits per heavy atom. The van der Waals surface area contributed by atoms with Crippen molar-refractivity contribution in [1.82, 2.24) is 4.67 Å². The van der Waals surface area contributed by atoms with Crippen LogP contribution in [0.4, 0.5) is 0 Å². The molecule has 4 heteroatoms. The summed E-state index contributed by atoms with van der Waals surface area (Å²) in [6.07, 6.45) is 2.31. The highest BCUT2D eigenvalue weighted by atomic mass is 31.0. The first-order valence-corrected chi connectivity index (χ1v) is 4.15. The Morgan fingerprint density at radius 2 is 2.50 bits per heavy atom. The fourth-order valence-corrected chi connectivity index (χ4v) is 1.95. The third-order valence-electron chi connectivity index (χ3n) is 2.05. The van der Waals surface area contributed by atoms with E-state index in [1.165, 1.54) is 6.42 Å². The number of rotatable bonds is 2. The number of hydrogen-bond donors (Lipinski definition) is 2. The molecule has 1 aliphatic heterocycles. The van der Waals surface area contributed by atoms with Gasteiger partial charge in [0.1, 0.15) is 0 Å². The van der Waals surface area contributed by atoms with Gasteiger partial charge in [-0.05, 0) is 12.8 Å². The van der Waals surface area contributed by atoms with Crippen molar-refractivity contribution in [2.24, 2.45) is 5.73 Å². The average molecular weight is 162 g/mol. The fourth-order valence-electron chi connectivity index (χ4n) is 1.40. The summed E-state index contributed by atoms with van der Waals surface area (Å²) in [5, 5.41) is 8.75. The molecule has 10 heavy (non-hydrogen) atoms. The molecular formula is C6H15N2OP. The largest absolute Gasteiger partial charge is 0.395 e. The van der Waals surface area contributed by atoms with Crippen LogP contribution in [0.1, 0.15) is 12.8 Å². The smallest absolute Gasteiger partial charge is 0.0597 e. The molecule has 1 rings (SSSR count). The van der Waals surface area contributed by atoms with Crippen LogP contribution in [-0.2, 0) is 0 Å². The lowest BCUT2D eigenvalue weighted by atomic mass is 10.1. The molecule has 1 heterocycles. The fraction of sp³-hybridized carbons (Fsp3) is 1.00. The summed E-state index contributed by atoms with van der Waals surface area (Å²) in [5.41, 5.74) is 5.66. The van der Waals surface area contributed by atoms with Gasteiger partial charge in [0.15, 0.2) is 0 Å². The molecule has 3 N–H and O–H groups in total. The monoisotopic (exact) mass is 162 g/mol. The molecule has 1 aliphatic rings. The minimum Gasteiger partial charge on any atom is -0.395 e. The van der Waals surface area contributed by atoms with Crippen molar-refractivity contribution >= 4 is 9.39 Å². The summed E-state index contributed by atoms with van der Waals surface area (Å²) in [6, 6.07) is 0.301. The maximum absolute atomic E-state index is 8.75. The number of hydrogen-bond acceptors (Lipinski definition) is 3. The van der Waals surface area contributed by atoms with Crippen LogP contribution < -0.4 is 5.73 Å². The maximum Gasteiger partial charge on any atom is 0.0597 e. The summed E-state index contributed by atoms with van der Waals surface area (Å²) < 4.78 is 2.14. The Labute approximate surface area is 63.8 Å². The van der Waals surface area contributed by atoms with Gasteiger partial charge < -0.3 is 10.8 Å². The molecule has 0 spiro atoms. The molecule has 0 aromatic heterocycles. The average Bonchev–Trinajstić information content (AvgIpc) is 2.34. The van der Waals surface area contributed by atoms with Crippen LogP contribution in [0.2, 0.25) is 0 Å². The van der Waals surface area contributed by atoms with Crippen molar-refractivity contribution in [3.05, 3.63) is 0 Å². The van der Waals surface area contributed by atoms with Gasteiger partial charge in [-0.15, -0.1) is 0 Å². The van der Waals surface area contributed by atoms with Gasteiger partial charge >= 0.3 is 0 Å². The Hall–Kier alpha value is 0.310. The maximum atomic E-state index is 8.75. The van der Waals surface area contributed by atoms with Gasteiger partial charge in [0, 0.05) is 18.6 Å². The minimum atomic E-state index is -0.0694. The van der Waals surface area contributed by atoms with E-state index in [1.807, 2.05) is 0 Å². The van der Waals surface area contributed by atoms with Crippen molar-refractivity contribution in [2.75, 3.05) is 13.2 Å². The lowest BCUT2D eigenvalue weighted by Crippen LogP contribution is -2.42. The third-order valence-corrected chi connectivity index (χ3v) is 2.69. The quantitative estimate of drug-likeness (QED) is 0.541. The highest BCUT2D eigenvalue weighted by Gasteiger charge is 2.25. The summed E-state index contributed by atoms with van der Waals surface area (Å²) in [7, 11) is 2.65. The standard InChI is InChI=1S/C6H15N2OP/c7-5(4-9)6-2-1-3-8(6)10/h5-6,9H,1-4,7,10H2/t5-,6-/m1/s1. The van der Waals surface area contributed by atoms with Crippen LogP contribution in [0.15, 0.2) is 0 Å². The lowest BCUT2D eigenvalue weighted by molar-refractivity contribution is 0.221. The SMILES string of the molecule is N[C@H](CO)[C@H]1CCCN1P. The molecule has 1 saturated heterocycles. The van der Waals surface area contributed by atoms with Crippen molar-refractivity contribution in [3.8, 4) is 0 Å². The normalized spacial score (nSPS) is 30.9. The van der Waals surface area contributed by atoms with Crippen LogP contribution in [0, 0.1) is 0 Å². The van der Waals surface area contributed by atoms with Crippen molar-refractivity contribution in [1.29, 1.82) is 0 Å². The Kier molecular flexibility index (Phi) is 3.05. The molecule has 0 aromatic rings. The van der Waals surface area contributed by atoms with Gasteiger partial charge in [-0.3, -0.25) is 4.67 Å². The van der Waals surface area contributed by atoms with E-state index >= 15 is 0 Å². The molecule has 0 aromatic carbocycles. The van der Waals surface area contributed by atoms with Gasteiger partial charge in [0.05, 0.1) is 6.61 Å². The van der Waals surface area contributed by atoms with E-state index < -0.39 is 0 Å². The Balaban J connectivity index is 2.38. The number of nitrogens with two attached hydrogens (primary N) is 1. The number of aliphatic hydroxyl groups is 1. The first kappa shape index (κ1) is 8.41. The molecule has 1 fully saturated rings. The second kappa shape index (κ2) is 3.63. The Morgan fingerprint density at radius 3 is 2.90 bits per heavy atom. The molecule has 1 unspecified atom stereocenters. The number of aliphatic hydroxyl groups excluding tert-OH is 1. The van der Waals surface area contributed by atoms with Crippen molar-refractivity contribution in [2.45, 2.75) is 24.9 Å². The van der Waals surface area contributed by atoms with E-state index in [0.29, 0.717) is 6.04 Å². The van der Waals surface area contributed by atoms with Gasteiger partial charge in [-0.1, -0.05) is 9.39 Å². The molecule has 0 amide bonds. The van der Waals surface area contributed by atoms with Gasteiger partial charge in [-0.2, -0.15) is 0 Å². The van der Waals surface area contributed by atoms with Crippen molar-refractivity contribution < 1.29 is 5.11 Å². The zero-order chi connectivity index (χ0) is 7.56. The van der Waals surface area contributed by atoms with Gasteiger partial charge in [0.2, 0.25) is 0 Å². The predicted molar refractivity (Wildman–Crippen MR) is 44.5 cm³/mol. The summed E-state index contributed by atoms with van der Waals surface area (Å²) in [5.74, 6) is 0. The van der Waals surface area contributed by atoms with E-state index in [4.69, 9.17) is 10.8 Å². The van der Waals surface area contributed by atoms with Gasteiger partial charge in [0.25, 0.3) is 0 Å². The number of nitrogens with zero attached hydrogens (tertiary/aromatic N) is 1. The lowest BCUT2D eigenvalue weighted by Gasteiger charge is -2.23. The molecule has 60 valence electrons. The molecule has 0 bridgehead atoms. The van der Waals surface area contributed by atoms with E-state index in [2.05, 4.69) is 14.1 Å². The molecule has 0 aliphatic carbocycles. The molecular weight excluding hydrogens is 147 g/mol. The first-order valence-electron chi connectivity index (χ1n) is 3.63. The molecule has 0 saturated carbocycles. The summed E-state index contributed by atoms with van der Waals surface area (Å²) in [6.45, 7) is 1.18. The van der Waals surface area contributed by atoms with Crippen LogP contribution in [-0.4, -0.2) is 35.0 Å². The van der Waals surface area contributed by atoms with Gasteiger partial charge in [-0.25, -0.2) is 0 Å². The summed E-state index contributed by atoms with van der Waals surface area (Å²) >= 11 is 0. The third kappa shape index (κ3) is 1.67. The van der Waals surface area contributed by atoms with E-state index in [1.54, 1.807) is 0 Å². The zero-order valence-electron chi connectivity index (χ0n) is 6.03. The molecule has 3 atom stereocenters. The summed E-state index contributed by atoms with van der Waals surface area (Å²) in [4.78, 5) is 0.